The van der Waals surface area contributed by atoms with E-state index in [-0.39, 0.29) is 0 Å². The third-order valence-electron chi connectivity index (χ3n) is 6.88. The van der Waals surface area contributed by atoms with Crippen LogP contribution in [0, 0.1) is 0 Å². The summed E-state index contributed by atoms with van der Waals surface area (Å²) in [6.07, 6.45) is 2.04. The summed E-state index contributed by atoms with van der Waals surface area (Å²) in [6.45, 7) is 0.896. The minimum Gasteiger partial charge on any atom is -0.497 e. The Labute approximate surface area is 254 Å². The summed E-state index contributed by atoms with van der Waals surface area (Å²) in [5.41, 5.74) is 5.64. The lowest BCUT2D eigenvalue weighted by Gasteiger charge is -2.13. The Morgan fingerprint density at radius 3 is 1.88 bits per heavy atom. The van der Waals surface area contributed by atoms with Gasteiger partial charge in [0.25, 0.3) is 0 Å². The van der Waals surface area contributed by atoms with Crippen LogP contribution in [0.15, 0.2) is 138 Å². The van der Waals surface area contributed by atoms with Crippen LogP contribution in [0.5, 0.6) is 17.2 Å². The van der Waals surface area contributed by atoms with Crippen LogP contribution in [0.3, 0.4) is 0 Å². The molecule has 6 rings (SSSR count). The van der Waals surface area contributed by atoms with Crippen molar-refractivity contribution in [2.45, 2.75) is 13.2 Å². The quantitative estimate of drug-likeness (QED) is 0.154. The molecular formula is C36H29BrN2O3. The number of benzene rings is 5. The van der Waals surface area contributed by atoms with Crippen molar-refractivity contribution in [2.24, 2.45) is 0 Å². The number of aromatic nitrogens is 2. The maximum absolute atomic E-state index is 6.34. The SMILES string of the molecule is COc1ccc(OCc2ccccc2)c(-c2cn(-c3ccc(Br)cc3)c(-c3ccccc3OCc3ccccc3)n2)c1. The van der Waals surface area contributed by atoms with Gasteiger partial charge < -0.3 is 14.2 Å². The molecule has 0 bridgehead atoms. The standard InChI is InChI=1S/C36H29BrN2O3/c1-40-30-20-21-35(42-25-27-12-6-3-7-13-27)32(22-30)33-23-39(29-18-16-28(37)17-19-29)36(38-33)31-14-8-9-15-34(31)41-24-26-10-4-2-5-11-26/h2-23H,24-25H2,1H3. The van der Waals surface area contributed by atoms with Gasteiger partial charge in [-0.25, -0.2) is 4.98 Å². The Bertz CT molecular complexity index is 1770. The Kier molecular flexibility index (Phi) is 8.33. The van der Waals surface area contributed by atoms with Crippen molar-refractivity contribution in [1.82, 2.24) is 9.55 Å². The van der Waals surface area contributed by atoms with Crippen molar-refractivity contribution in [3.05, 3.63) is 149 Å². The van der Waals surface area contributed by atoms with Crippen LogP contribution in [0.2, 0.25) is 0 Å². The van der Waals surface area contributed by atoms with Gasteiger partial charge in [0, 0.05) is 21.9 Å². The van der Waals surface area contributed by atoms with Gasteiger partial charge in [-0.05, 0) is 65.7 Å². The molecule has 0 radical (unpaired) electrons. The minimum atomic E-state index is 0.441. The molecule has 0 amide bonds. The Morgan fingerprint density at radius 2 is 1.24 bits per heavy atom. The van der Waals surface area contributed by atoms with E-state index >= 15 is 0 Å². The topological polar surface area (TPSA) is 45.5 Å². The van der Waals surface area contributed by atoms with Crippen LogP contribution in [0.25, 0.3) is 28.3 Å². The molecule has 0 N–H and O–H groups in total. The highest BCUT2D eigenvalue weighted by molar-refractivity contribution is 9.10. The lowest BCUT2D eigenvalue weighted by Crippen LogP contribution is -2.00. The van der Waals surface area contributed by atoms with E-state index in [0.717, 1.165) is 61.2 Å². The maximum atomic E-state index is 6.34. The fourth-order valence-electron chi connectivity index (χ4n) is 4.71. The lowest BCUT2D eigenvalue weighted by molar-refractivity contribution is 0.306. The van der Waals surface area contributed by atoms with Gasteiger partial charge in [0.1, 0.15) is 36.3 Å². The molecule has 0 atom stereocenters. The number of ether oxygens (including phenoxy) is 3. The van der Waals surface area contributed by atoms with Gasteiger partial charge in [0.15, 0.2) is 0 Å². The van der Waals surface area contributed by atoms with Crippen LogP contribution in [-0.2, 0) is 13.2 Å². The summed E-state index contributed by atoms with van der Waals surface area (Å²) >= 11 is 3.56. The molecule has 42 heavy (non-hydrogen) atoms. The van der Waals surface area contributed by atoms with Gasteiger partial charge in [-0.1, -0.05) is 88.7 Å². The Morgan fingerprint density at radius 1 is 0.643 bits per heavy atom. The van der Waals surface area contributed by atoms with Gasteiger partial charge in [0.05, 0.1) is 18.4 Å². The highest BCUT2D eigenvalue weighted by atomic mass is 79.9. The number of imidazole rings is 1. The second-order valence-corrected chi connectivity index (χ2v) is 10.6. The summed E-state index contributed by atoms with van der Waals surface area (Å²) in [6, 6.07) is 42.3. The van der Waals surface area contributed by atoms with Gasteiger partial charge in [0.2, 0.25) is 0 Å². The number of hydrogen-bond acceptors (Lipinski definition) is 4. The molecule has 0 saturated carbocycles. The van der Waals surface area contributed by atoms with Crippen LogP contribution in [0.4, 0.5) is 0 Å². The number of para-hydroxylation sites is 1. The van der Waals surface area contributed by atoms with Crippen LogP contribution >= 0.6 is 15.9 Å². The molecule has 6 heteroatoms. The smallest absolute Gasteiger partial charge is 0.148 e. The highest BCUT2D eigenvalue weighted by Gasteiger charge is 2.20. The van der Waals surface area contributed by atoms with E-state index in [0.29, 0.717) is 13.2 Å². The normalized spacial score (nSPS) is 10.8. The summed E-state index contributed by atoms with van der Waals surface area (Å²) in [4.78, 5) is 5.19. The lowest BCUT2D eigenvalue weighted by atomic mass is 10.1. The average molecular weight is 618 g/mol. The Hall–Kier alpha value is -4.81. The van der Waals surface area contributed by atoms with E-state index in [1.807, 2.05) is 97.2 Å². The van der Waals surface area contributed by atoms with E-state index in [4.69, 9.17) is 19.2 Å². The van der Waals surface area contributed by atoms with Gasteiger partial charge >= 0.3 is 0 Å². The van der Waals surface area contributed by atoms with Gasteiger partial charge in [-0.2, -0.15) is 0 Å². The first-order chi connectivity index (χ1) is 20.7. The zero-order chi connectivity index (χ0) is 28.7. The predicted molar refractivity (Wildman–Crippen MR) is 170 cm³/mol. The fourth-order valence-corrected chi connectivity index (χ4v) is 4.97. The van der Waals surface area contributed by atoms with Crippen molar-refractivity contribution in [1.29, 1.82) is 0 Å². The molecule has 0 saturated heterocycles. The van der Waals surface area contributed by atoms with Crippen molar-refractivity contribution in [2.75, 3.05) is 7.11 Å². The van der Waals surface area contributed by atoms with Crippen molar-refractivity contribution in [3.8, 4) is 45.6 Å². The van der Waals surface area contributed by atoms with Crippen LogP contribution < -0.4 is 14.2 Å². The summed E-state index contributed by atoms with van der Waals surface area (Å²) in [5, 5.41) is 0. The molecule has 0 unspecified atom stereocenters. The number of hydrogen-bond donors (Lipinski definition) is 0. The molecule has 5 aromatic carbocycles. The molecule has 0 aliphatic rings. The number of halogens is 1. The second kappa shape index (κ2) is 12.8. The first-order valence-corrected chi connectivity index (χ1v) is 14.4. The van der Waals surface area contributed by atoms with Crippen molar-refractivity contribution >= 4 is 15.9 Å². The first kappa shape index (κ1) is 27.4. The second-order valence-electron chi connectivity index (χ2n) is 9.70. The van der Waals surface area contributed by atoms with E-state index in [9.17, 15) is 0 Å². The van der Waals surface area contributed by atoms with Gasteiger partial charge in [-0.3, -0.25) is 4.57 Å². The molecule has 0 aliphatic carbocycles. The van der Waals surface area contributed by atoms with E-state index < -0.39 is 0 Å². The van der Waals surface area contributed by atoms with Gasteiger partial charge in [-0.15, -0.1) is 0 Å². The molecule has 1 heterocycles. The fraction of sp³-hybridized carbons (Fsp3) is 0.0833. The van der Waals surface area contributed by atoms with Crippen LogP contribution in [-0.4, -0.2) is 16.7 Å². The molecule has 5 nitrogen and oxygen atoms in total. The molecule has 208 valence electrons. The van der Waals surface area contributed by atoms with E-state index in [2.05, 4.69) is 56.9 Å². The molecule has 0 fully saturated rings. The molecule has 0 aliphatic heterocycles. The summed E-state index contributed by atoms with van der Waals surface area (Å²) < 4.78 is 21.4. The average Bonchev–Trinajstić information content (AvgIpc) is 3.49. The third kappa shape index (κ3) is 6.24. The maximum Gasteiger partial charge on any atom is 0.148 e. The first-order valence-electron chi connectivity index (χ1n) is 13.6. The summed E-state index contributed by atoms with van der Waals surface area (Å²) in [7, 11) is 1.66. The molecular weight excluding hydrogens is 588 g/mol. The number of methoxy groups -OCH3 is 1. The predicted octanol–water partition coefficient (Wildman–Crippen LogP) is 9.14. The highest BCUT2D eigenvalue weighted by Crippen LogP contribution is 2.38. The zero-order valence-electron chi connectivity index (χ0n) is 23.1. The Balaban J connectivity index is 1.44. The third-order valence-corrected chi connectivity index (χ3v) is 7.40. The summed E-state index contributed by atoms with van der Waals surface area (Å²) in [5.74, 6) is 2.96. The monoisotopic (exact) mass is 616 g/mol. The van der Waals surface area contributed by atoms with E-state index in [1.165, 1.54) is 0 Å². The van der Waals surface area contributed by atoms with Crippen molar-refractivity contribution in [3.63, 3.8) is 0 Å². The zero-order valence-corrected chi connectivity index (χ0v) is 24.7. The molecule has 6 aromatic rings. The number of rotatable bonds is 10. The largest absolute Gasteiger partial charge is 0.497 e. The van der Waals surface area contributed by atoms with Crippen molar-refractivity contribution < 1.29 is 14.2 Å². The van der Waals surface area contributed by atoms with Crippen LogP contribution in [0.1, 0.15) is 11.1 Å². The number of nitrogens with zero attached hydrogens (tertiary/aromatic N) is 2. The van der Waals surface area contributed by atoms with E-state index in [1.54, 1.807) is 7.11 Å². The molecule has 0 spiro atoms. The minimum absolute atomic E-state index is 0.441. The molecule has 1 aromatic heterocycles.